The molecule has 0 aliphatic rings. The summed E-state index contributed by atoms with van der Waals surface area (Å²) in [5.74, 6) is -0.754. The number of carbonyl (C=O) groups excluding carboxylic acids is 2. The molecule has 0 saturated heterocycles. The number of nitrogens with one attached hydrogen (secondary N) is 1. The quantitative estimate of drug-likeness (QED) is 0.674. The van der Waals surface area contributed by atoms with E-state index in [1.165, 1.54) is 7.11 Å². The van der Waals surface area contributed by atoms with Gasteiger partial charge >= 0.3 is 5.97 Å². The Labute approximate surface area is 163 Å². The first-order valence-electron chi connectivity index (χ1n) is 8.93. The smallest absolute Gasteiger partial charge is 0.328 e. The number of nitrogens with zero attached hydrogens (tertiary/aromatic N) is 1. The fourth-order valence-corrected chi connectivity index (χ4v) is 3.07. The molecule has 1 atom stereocenters. The van der Waals surface area contributed by atoms with Gasteiger partial charge in [0.1, 0.15) is 6.04 Å². The molecular weight excluding hydrogens is 352 g/mol. The van der Waals surface area contributed by atoms with Gasteiger partial charge in [-0.3, -0.25) is 4.79 Å². The molecule has 1 N–H and O–H groups in total. The number of hydrogen-bond donors (Lipinski definition) is 1. The van der Waals surface area contributed by atoms with E-state index in [9.17, 15) is 9.59 Å². The molecule has 1 amide bonds. The zero-order valence-corrected chi connectivity index (χ0v) is 15.5. The predicted octanol–water partition coefficient (Wildman–Crippen LogP) is 3.15. The number of ether oxygens (including phenoxy) is 1. The Morgan fingerprint density at radius 3 is 2.36 bits per heavy atom. The van der Waals surface area contributed by atoms with Gasteiger partial charge in [-0.15, -0.1) is 0 Å². The summed E-state index contributed by atoms with van der Waals surface area (Å²) in [6.45, 7) is 0. The zero-order valence-electron chi connectivity index (χ0n) is 15.5. The first-order chi connectivity index (χ1) is 13.6. The molecule has 0 aromatic heterocycles. The molecule has 28 heavy (non-hydrogen) atoms. The van der Waals surface area contributed by atoms with Crippen LogP contribution in [0.25, 0.3) is 10.8 Å². The van der Waals surface area contributed by atoms with Gasteiger partial charge in [0, 0.05) is 6.42 Å². The lowest BCUT2D eigenvalue weighted by molar-refractivity contribution is -0.145. The fraction of sp³-hybridized carbons (Fsp3) is 0.174. The van der Waals surface area contributed by atoms with Crippen LogP contribution < -0.4 is 5.32 Å². The average Bonchev–Trinajstić information content (AvgIpc) is 2.73. The maximum absolute atomic E-state index is 12.5. The summed E-state index contributed by atoms with van der Waals surface area (Å²) in [6.07, 6.45) is 0.466. The van der Waals surface area contributed by atoms with Crippen molar-refractivity contribution >= 4 is 22.6 Å². The fourth-order valence-electron chi connectivity index (χ4n) is 3.07. The second-order valence-corrected chi connectivity index (χ2v) is 6.51. The van der Waals surface area contributed by atoms with Crippen LogP contribution in [-0.4, -0.2) is 25.0 Å². The Morgan fingerprint density at radius 2 is 1.68 bits per heavy atom. The van der Waals surface area contributed by atoms with Gasteiger partial charge in [0.05, 0.1) is 25.2 Å². The van der Waals surface area contributed by atoms with Gasteiger partial charge in [-0.2, -0.15) is 5.26 Å². The van der Waals surface area contributed by atoms with E-state index in [2.05, 4.69) is 11.4 Å². The van der Waals surface area contributed by atoms with Crippen molar-refractivity contribution < 1.29 is 14.3 Å². The van der Waals surface area contributed by atoms with E-state index in [0.717, 1.165) is 21.9 Å². The number of nitriles is 1. The number of esters is 1. The Bertz CT molecular complexity index is 1040. The minimum absolute atomic E-state index is 0.172. The molecule has 0 spiro atoms. The number of amides is 1. The summed E-state index contributed by atoms with van der Waals surface area (Å²) in [5, 5.41) is 13.8. The predicted molar refractivity (Wildman–Crippen MR) is 106 cm³/mol. The van der Waals surface area contributed by atoms with Crippen molar-refractivity contribution in [1.82, 2.24) is 5.32 Å². The summed E-state index contributed by atoms with van der Waals surface area (Å²) in [7, 11) is 1.30. The first kappa shape index (κ1) is 19.1. The summed E-state index contributed by atoms with van der Waals surface area (Å²) >= 11 is 0. The van der Waals surface area contributed by atoms with Crippen LogP contribution in [0, 0.1) is 11.3 Å². The second-order valence-electron chi connectivity index (χ2n) is 6.51. The van der Waals surface area contributed by atoms with Crippen molar-refractivity contribution in [1.29, 1.82) is 5.26 Å². The second kappa shape index (κ2) is 8.83. The van der Waals surface area contributed by atoms with Crippen LogP contribution in [0.5, 0.6) is 0 Å². The third kappa shape index (κ3) is 4.74. The van der Waals surface area contributed by atoms with Gasteiger partial charge in [0.25, 0.3) is 0 Å². The van der Waals surface area contributed by atoms with Crippen LogP contribution in [0.3, 0.4) is 0 Å². The minimum atomic E-state index is -0.786. The van der Waals surface area contributed by atoms with Crippen molar-refractivity contribution in [3.8, 4) is 6.07 Å². The first-order valence-corrected chi connectivity index (χ1v) is 8.93. The lowest BCUT2D eigenvalue weighted by Gasteiger charge is -2.17. The number of fused-ring (bicyclic) bond motifs is 1. The highest BCUT2D eigenvalue weighted by molar-refractivity contribution is 5.88. The Balaban J connectivity index is 1.69. The maximum Gasteiger partial charge on any atom is 0.328 e. The molecule has 3 aromatic rings. The van der Waals surface area contributed by atoms with E-state index >= 15 is 0 Å². The molecule has 5 nitrogen and oxygen atoms in total. The number of methoxy groups -OCH3 is 1. The molecule has 0 aliphatic carbocycles. The molecule has 0 saturated carbocycles. The average molecular weight is 372 g/mol. The van der Waals surface area contributed by atoms with Crippen molar-refractivity contribution in [2.24, 2.45) is 0 Å². The molecule has 0 radical (unpaired) electrons. The number of rotatable bonds is 6. The highest BCUT2D eigenvalue weighted by Crippen LogP contribution is 2.16. The standard InChI is InChI=1S/C23H20N2O3/c1-28-23(27)21(13-16-6-8-17(15-24)9-7-16)25-22(26)14-18-10-11-19-4-2-3-5-20(19)12-18/h2-12,21H,13-14H2,1H3,(H,25,26)/t21-/m0/s1. The van der Waals surface area contributed by atoms with Crippen molar-refractivity contribution in [2.75, 3.05) is 7.11 Å². The maximum atomic E-state index is 12.5. The van der Waals surface area contributed by atoms with Gasteiger partial charge in [-0.1, -0.05) is 54.6 Å². The SMILES string of the molecule is COC(=O)[C@H](Cc1ccc(C#N)cc1)NC(=O)Cc1ccc2ccccc2c1. The molecule has 140 valence electrons. The largest absolute Gasteiger partial charge is 0.467 e. The highest BCUT2D eigenvalue weighted by atomic mass is 16.5. The van der Waals surface area contributed by atoms with Crippen LogP contribution in [-0.2, 0) is 27.2 Å². The lowest BCUT2D eigenvalue weighted by atomic mass is 10.0. The zero-order chi connectivity index (χ0) is 19.9. The molecule has 3 rings (SSSR count). The molecule has 0 fully saturated rings. The molecule has 3 aromatic carbocycles. The Kier molecular flexibility index (Phi) is 6.03. The molecule has 0 bridgehead atoms. The number of carbonyl (C=O) groups is 2. The van der Waals surface area contributed by atoms with Gasteiger partial charge in [-0.25, -0.2) is 4.79 Å². The third-order valence-corrected chi connectivity index (χ3v) is 4.52. The van der Waals surface area contributed by atoms with E-state index in [1.807, 2.05) is 42.5 Å². The van der Waals surface area contributed by atoms with Crippen LogP contribution >= 0.6 is 0 Å². The monoisotopic (exact) mass is 372 g/mol. The van der Waals surface area contributed by atoms with Crippen molar-refractivity contribution in [2.45, 2.75) is 18.9 Å². The summed E-state index contributed by atoms with van der Waals surface area (Å²) < 4.78 is 4.83. The number of hydrogen-bond acceptors (Lipinski definition) is 4. The molecular formula is C23H20N2O3. The normalized spacial score (nSPS) is 11.4. The molecule has 0 aliphatic heterocycles. The number of benzene rings is 3. The van der Waals surface area contributed by atoms with E-state index in [4.69, 9.17) is 10.00 Å². The Hall–Kier alpha value is -3.65. The van der Waals surface area contributed by atoms with Crippen molar-refractivity contribution in [3.05, 3.63) is 83.4 Å². The third-order valence-electron chi connectivity index (χ3n) is 4.52. The van der Waals surface area contributed by atoms with Crippen LogP contribution in [0.15, 0.2) is 66.7 Å². The molecule has 5 heteroatoms. The molecule has 0 heterocycles. The summed E-state index contributed by atoms with van der Waals surface area (Å²) in [5.41, 5.74) is 2.25. The topological polar surface area (TPSA) is 79.2 Å². The van der Waals surface area contributed by atoms with E-state index in [0.29, 0.717) is 12.0 Å². The van der Waals surface area contributed by atoms with Crippen LogP contribution in [0.4, 0.5) is 0 Å². The van der Waals surface area contributed by atoms with E-state index in [1.54, 1.807) is 24.3 Å². The van der Waals surface area contributed by atoms with Gasteiger partial charge < -0.3 is 10.1 Å². The summed E-state index contributed by atoms with van der Waals surface area (Å²) in [6, 6.07) is 22.0. The minimum Gasteiger partial charge on any atom is -0.467 e. The van der Waals surface area contributed by atoms with Gasteiger partial charge in [0.2, 0.25) is 5.91 Å². The van der Waals surface area contributed by atoms with E-state index in [-0.39, 0.29) is 12.3 Å². The van der Waals surface area contributed by atoms with E-state index < -0.39 is 12.0 Å². The van der Waals surface area contributed by atoms with Crippen molar-refractivity contribution in [3.63, 3.8) is 0 Å². The van der Waals surface area contributed by atoms with Gasteiger partial charge in [0.15, 0.2) is 0 Å². The van der Waals surface area contributed by atoms with Gasteiger partial charge in [-0.05, 0) is 34.0 Å². The Morgan fingerprint density at radius 1 is 1.00 bits per heavy atom. The van der Waals surface area contributed by atoms with Crippen LogP contribution in [0.2, 0.25) is 0 Å². The van der Waals surface area contributed by atoms with Crippen LogP contribution in [0.1, 0.15) is 16.7 Å². The summed E-state index contributed by atoms with van der Waals surface area (Å²) in [4.78, 5) is 24.6. The highest BCUT2D eigenvalue weighted by Gasteiger charge is 2.22. The molecule has 0 unspecified atom stereocenters. The lowest BCUT2D eigenvalue weighted by Crippen LogP contribution is -2.43.